The number of aliphatic hydroxyl groups is 1. The van der Waals surface area contributed by atoms with Crippen LogP contribution in [0.5, 0.6) is 0 Å². The van der Waals surface area contributed by atoms with Crippen LogP contribution in [0.25, 0.3) is 0 Å². The van der Waals surface area contributed by atoms with Gasteiger partial charge >= 0.3 is 5.69 Å². The van der Waals surface area contributed by atoms with Gasteiger partial charge < -0.3 is 20.5 Å². The summed E-state index contributed by atoms with van der Waals surface area (Å²) in [5.74, 6) is -0.0492. The number of nitrogens with zero attached hydrogens (tertiary/aromatic N) is 1. The highest BCUT2D eigenvalue weighted by Gasteiger charge is 2.36. The molecule has 0 spiro atoms. The summed E-state index contributed by atoms with van der Waals surface area (Å²) in [4.78, 5) is 25.9. The fourth-order valence-electron chi connectivity index (χ4n) is 3.20. The van der Waals surface area contributed by atoms with Crippen molar-refractivity contribution in [1.29, 1.82) is 0 Å². The van der Waals surface area contributed by atoms with Gasteiger partial charge in [0.25, 0.3) is 5.56 Å². The number of ether oxygens (including phenoxy) is 1. The summed E-state index contributed by atoms with van der Waals surface area (Å²) in [7, 11) is 0. The number of aliphatic hydroxyl groups excluding tert-OH is 1. The standard InChI is InChI=1S/C19H24N4O4S/c1-11-3-5-14(6-4-11)21-18(28)20-8-13-7-16(27-15(13)10-24)23-9-12(2)17(25)22-19(23)26/h3-6,9,13,15-16,24H,7-8,10H2,1-2H3,(H2,20,21,28)(H,22,25,26)/t13-,15-,16-/m1/s1. The van der Waals surface area contributed by atoms with Gasteiger partial charge in [0.2, 0.25) is 0 Å². The molecular weight excluding hydrogens is 380 g/mol. The highest BCUT2D eigenvalue weighted by molar-refractivity contribution is 7.80. The summed E-state index contributed by atoms with van der Waals surface area (Å²) in [5.41, 5.74) is 1.54. The Morgan fingerprint density at radius 1 is 1.32 bits per heavy atom. The molecule has 2 aromatic rings. The van der Waals surface area contributed by atoms with Gasteiger partial charge in [-0.25, -0.2) is 4.79 Å². The number of thiocarbonyl (C=S) groups is 1. The minimum Gasteiger partial charge on any atom is -0.394 e. The fraction of sp³-hybridized carbons (Fsp3) is 0.421. The first-order chi connectivity index (χ1) is 13.4. The zero-order valence-electron chi connectivity index (χ0n) is 15.8. The Kier molecular flexibility index (Phi) is 6.28. The van der Waals surface area contributed by atoms with Gasteiger partial charge in [0.05, 0.1) is 12.7 Å². The smallest absolute Gasteiger partial charge is 0.330 e. The van der Waals surface area contributed by atoms with Crippen LogP contribution in [0.15, 0.2) is 40.1 Å². The topological polar surface area (TPSA) is 108 Å². The SMILES string of the molecule is Cc1ccc(NC(=S)NC[C@H]2C[C@H](n3cc(C)c(=O)[nH]c3=O)O[C@@H]2CO)cc1. The van der Waals surface area contributed by atoms with Crippen molar-refractivity contribution < 1.29 is 9.84 Å². The lowest BCUT2D eigenvalue weighted by molar-refractivity contribution is -0.0322. The molecule has 28 heavy (non-hydrogen) atoms. The Balaban J connectivity index is 1.62. The van der Waals surface area contributed by atoms with E-state index in [0.29, 0.717) is 23.6 Å². The number of aromatic nitrogens is 2. The van der Waals surface area contributed by atoms with E-state index in [1.807, 2.05) is 31.2 Å². The number of hydrogen-bond acceptors (Lipinski definition) is 5. The van der Waals surface area contributed by atoms with Crippen molar-refractivity contribution in [3.63, 3.8) is 0 Å². The van der Waals surface area contributed by atoms with Crippen molar-refractivity contribution in [2.24, 2.45) is 5.92 Å². The Labute approximate surface area is 167 Å². The second-order valence-electron chi connectivity index (χ2n) is 6.99. The number of rotatable bonds is 5. The Morgan fingerprint density at radius 3 is 2.71 bits per heavy atom. The maximum absolute atomic E-state index is 12.1. The third kappa shape index (κ3) is 4.67. The van der Waals surface area contributed by atoms with Crippen LogP contribution in [0.3, 0.4) is 0 Å². The summed E-state index contributed by atoms with van der Waals surface area (Å²) < 4.78 is 7.20. The monoisotopic (exact) mass is 404 g/mol. The van der Waals surface area contributed by atoms with Gasteiger partial charge in [-0.15, -0.1) is 0 Å². The summed E-state index contributed by atoms with van der Waals surface area (Å²) in [6, 6.07) is 7.87. The molecule has 0 aliphatic carbocycles. The van der Waals surface area contributed by atoms with Crippen LogP contribution in [-0.2, 0) is 4.74 Å². The molecule has 1 aliphatic heterocycles. The van der Waals surface area contributed by atoms with Crippen molar-refractivity contribution in [2.45, 2.75) is 32.6 Å². The van der Waals surface area contributed by atoms with Crippen LogP contribution in [0, 0.1) is 19.8 Å². The minimum atomic E-state index is -0.550. The van der Waals surface area contributed by atoms with Crippen LogP contribution in [0.1, 0.15) is 23.8 Å². The number of aromatic amines is 1. The minimum absolute atomic E-state index is 0.0492. The quantitative estimate of drug-likeness (QED) is 0.552. The Bertz CT molecular complexity index is 954. The molecule has 4 N–H and O–H groups in total. The average Bonchev–Trinajstić information content (AvgIpc) is 3.08. The first-order valence-electron chi connectivity index (χ1n) is 9.07. The maximum Gasteiger partial charge on any atom is 0.330 e. The molecule has 1 saturated heterocycles. The van der Waals surface area contributed by atoms with E-state index in [1.54, 1.807) is 6.92 Å². The van der Waals surface area contributed by atoms with Gasteiger partial charge in [-0.1, -0.05) is 17.7 Å². The number of anilines is 1. The first kappa shape index (κ1) is 20.2. The molecule has 9 heteroatoms. The third-order valence-electron chi connectivity index (χ3n) is 4.83. The molecule has 0 amide bonds. The highest BCUT2D eigenvalue weighted by atomic mass is 32.1. The molecule has 0 bridgehead atoms. The number of H-pyrrole nitrogens is 1. The Morgan fingerprint density at radius 2 is 2.04 bits per heavy atom. The molecule has 1 aromatic carbocycles. The molecule has 1 aliphatic rings. The predicted octanol–water partition coefficient (Wildman–Crippen LogP) is 1.04. The van der Waals surface area contributed by atoms with Crippen molar-refractivity contribution >= 4 is 23.0 Å². The molecule has 1 aromatic heterocycles. The number of aryl methyl sites for hydroxylation is 2. The molecule has 0 saturated carbocycles. The van der Waals surface area contributed by atoms with Gasteiger partial charge in [-0.05, 0) is 44.6 Å². The lowest BCUT2D eigenvalue weighted by Gasteiger charge is -2.18. The molecule has 3 rings (SSSR count). The predicted molar refractivity (Wildman–Crippen MR) is 111 cm³/mol. The average molecular weight is 404 g/mol. The van der Waals surface area contributed by atoms with Gasteiger partial charge in [-0.2, -0.15) is 0 Å². The van der Waals surface area contributed by atoms with Crippen molar-refractivity contribution in [1.82, 2.24) is 14.9 Å². The zero-order valence-corrected chi connectivity index (χ0v) is 16.6. The van der Waals surface area contributed by atoms with Crippen molar-refractivity contribution in [3.8, 4) is 0 Å². The molecule has 0 unspecified atom stereocenters. The second-order valence-corrected chi connectivity index (χ2v) is 7.40. The fourth-order valence-corrected chi connectivity index (χ4v) is 3.40. The van der Waals surface area contributed by atoms with Crippen molar-refractivity contribution in [3.05, 3.63) is 62.4 Å². The van der Waals surface area contributed by atoms with E-state index in [0.717, 1.165) is 11.3 Å². The third-order valence-corrected chi connectivity index (χ3v) is 5.08. The van der Waals surface area contributed by atoms with Gasteiger partial charge in [-0.3, -0.25) is 14.3 Å². The van der Waals surface area contributed by atoms with E-state index in [-0.39, 0.29) is 12.5 Å². The summed E-state index contributed by atoms with van der Waals surface area (Å²) in [5, 5.41) is 16.4. The van der Waals surface area contributed by atoms with Crippen LogP contribution < -0.4 is 21.9 Å². The number of hydrogen-bond donors (Lipinski definition) is 4. The molecule has 8 nitrogen and oxygen atoms in total. The lowest BCUT2D eigenvalue weighted by Crippen LogP contribution is -2.36. The highest BCUT2D eigenvalue weighted by Crippen LogP contribution is 2.32. The lowest BCUT2D eigenvalue weighted by atomic mass is 10.0. The van der Waals surface area contributed by atoms with Gasteiger partial charge in [0.15, 0.2) is 5.11 Å². The molecule has 0 radical (unpaired) electrons. The van der Waals surface area contributed by atoms with Crippen LogP contribution in [-0.4, -0.2) is 39.0 Å². The zero-order chi connectivity index (χ0) is 20.3. The summed E-state index contributed by atoms with van der Waals surface area (Å²) >= 11 is 5.33. The van der Waals surface area contributed by atoms with E-state index in [2.05, 4.69) is 15.6 Å². The van der Waals surface area contributed by atoms with E-state index < -0.39 is 23.6 Å². The second kappa shape index (κ2) is 8.68. The van der Waals surface area contributed by atoms with E-state index >= 15 is 0 Å². The van der Waals surface area contributed by atoms with Crippen LogP contribution >= 0.6 is 12.2 Å². The van der Waals surface area contributed by atoms with Crippen molar-refractivity contribution in [2.75, 3.05) is 18.5 Å². The molecular formula is C19H24N4O4S. The molecule has 2 heterocycles. The van der Waals surface area contributed by atoms with E-state index in [1.165, 1.54) is 10.8 Å². The maximum atomic E-state index is 12.1. The first-order valence-corrected chi connectivity index (χ1v) is 9.48. The summed E-state index contributed by atoms with van der Waals surface area (Å²) in [6.07, 6.45) is 1.01. The molecule has 1 fully saturated rings. The molecule has 3 atom stereocenters. The normalized spacial score (nSPS) is 21.5. The van der Waals surface area contributed by atoms with Crippen LogP contribution in [0.2, 0.25) is 0 Å². The van der Waals surface area contributed by atoms with Crippen LogP contribution in [0.4, 0.5) is 5.69 Å². The van der Waals surface area contributed by atoms with E-state index in [4.69, 9.17) is 17.0 Å². The van der Waals surface area contributed by atoms with Gasteiger partial charge in [0.1, 0.15) is 6.23 Å². The Hall–Kier alpha value is -2.49. The number of nitrogens with one attached hydrogen (secondary N) is 3. The van der Waals surface area contributed by atoms with E-state index in [9.17, 15) is 14.7 Å². The molecule has 150 valence electrons. The summed E-state index contributed by atoms with van der Waals surface area (Å²) in [6.45, 7) is 3.96. The number of benzene rings is 1. The van der Waals surface area contributed by atoms with Gasteiger partial charge in [0, 0.05) is 29.9 Å². The largest absolute Gasteiger partial charge is 0.394 e.